The SMILES string of the molecule is CC(C)[C@@H](NC(=O)Nc1ccccc1)C(=O)N(C)Cc1ccco1. The lowest BCUT2D eigenvalue weighted by molar-refractivity contribution is -0.133. The summed E-state index contributed by atoms with van der Waals surface area (Å²) < 4.78 is 5.26. The van der Waals surface area contributed by atoms with Gasteiger partial charge in [-0.2, -0.15) is 0 Å². The molecule has 1 atom stereocenters. The number of hydrogen-bond donors (Lipinski definition) is 2. The molecule has 0 saturated carbocycles. The van der Waals surface area contributed by atoms with Crippen LogP contribution in [0.25, 0.3) is 0 Å². The molecule has 0 aliphatic heterocycles. The topological polar surface area (TPSA) is 74.6 Å². The molecule has 0 aliphatic carbocycles. The molecule has 2 rings (SSSR count). The number of amides is 3. The van der Waals surface area contributed by atoms with Gasteiger partial charge in [0.1, 0.15) is 11.8 Å². The fraction of sp³-hybridized carbons (Fsp3) is 0.333. The highest BCUT2D eigenvalue weighted by Gasteiger charge is 2.27. The number of hydrogen-bond acceptors (Lipinski definition) is 3. The van der Waals surface area contributed by atoms with Crippen LogP contribution in [0.4, 0.5) is 10.5 Å². The quantitative estimate of drug-likeness (QED) is 0.855. The molecule has 1 aromatic heterocycles. The van der Waals surface area contributed by atoms with Gasteiger partial charge in [0.25, 0.3) is 0 Å². The number of likely N-dealkylation sites (N-methyl/N-ethyl adjacent to an activating group) is 1. The zero-order chi connectivity index (χ0) is 17.5. The minimum absolute atomic E-state index is 0.0434. The van der Waals surface area contributed by atoms with E-state index in [1.54, 1.807) is 36.4 Å². The van der Waals surface area contributed by atoms with Gasteiger partial charge < -0.3 is 20.0 Å². The van der Waals surface area contributed by atoms with E-state index >= 15 is 0 Å². The molecule has 3 amide bonds. The van der Waals surface area contributed by atoms with E-state index in [4.69, 9.17) is 4.42 Å². The molecule has 128 valence electrons. The Hall–Kier alpha value is -2.76. The largest absolute Gasteiger partial charge is 0.467 e. The molecule has 0 unspecified atom stereocenters. The number of anilines is 1. The van der Waals surface area contributed by atoms with Crippen molar-refractivity contribution in [3.8, 4) is 0 Å². The molecule has 6 heteroatoms. The van der Waals surface area contributed by atoms with Gasteiger partial charge >= 0.3 is 6.03 Å². The van der Waals surface area contributed by atoms with Crippen LogP contribution < -0.4 is 10.6 Å². The highest BCUT2D eigenvalue weighted by Crippen LogP contribution is 2.11. The van der Waals surface area contributed by atoms with Gasteiger partial charge in [0.15, 0.2) is 0 Å². The van der Waals surface area contributed by atoms with E-state index in [1.807, 2.05) is 38.1 Å². The van der Waals surface area contributed by atoms with Gasteiger partial charge in [-0.25, -0.2) is 4.79 Å². The van der Waals surface area contributed by atoms with E-state index in [9.17, 15) is 9.59 Å². The molecule has 0 spiro atoms. The lowest BCUT2D eigenvalue weighted by Gasteiger charge is -2.26. The monoisotopic (exact) mass is 329 g/mol. The minimum Gasteiger partial charge on any atom is -0.467 e. The van der Waals surface area contributed by atoms with Crippen molar-refractivity contribution in [1.29, 1.82) is 0 Å². The van der Waals surface area contributed by atoms with Gasteiger partial charge in [-0.15, -0.1) is 0 Å². The highest BCUT2D eigenvalue weighted by atomic mass is 16.3. The maximum absolute atomic E-state index is 12.6. The molecule has 0 saturated heterocycles. The summed E-state index contributed by atoms with van der Waals surface area (Å²) in [5, 5.41) is 5.48. The first-order valence-corrected chi connectivity index (χ1v) is 7.87. The smallest absolute Gasteiger partial charge is 0.319 e. The van der Waals surface area contributed by atoms with Gasteiger partial charge in [-0.3, -0.25) is 4.79 Å². The van der Waals surface area contributed by atoms with E-state index in [2.05, 4.69) is 10.6 Å². The third-order valence-electron chi connectivity index (χ3n) is 3.60. The van der Waals surface area contributed by atoms with Crippen LogP contribution in [0.15, 0.2) is 53.1 Å². The van der Waals surface area contributed by atoms with Crippen LogP contribution in [0, 0.1) is 5.92 Å². The standard InChI is InChI=1S/C18H23N3O3/c1-13(2)16(17(22)21(3)12-15-10-7-11-24-15)20-18(23)19-14-8-5-4-6-9-14/h4-11,13,16H,12H2,1-3H3,(H2,19,20,23)/t16-/m1/s1. The van der Waals surface area contributed by atoms with Crippen molar-refractivity contribution in [1.82, 2.24) is 10.2 Å². The number of rotatable bonds is 6. The Kier molecular flexibility index (Phi) is 6.01. The van der Waals surface area contributed by atoms with Crippen LogP contribution in [-0.4, -0.2) is 29.9 Å². The van der Waals surface area contributed by atoms with E-state index in [0.717, 1.165) is 0 Å². The maximum Gasteiger partial charge on any atom is 0.319 e. The number of benzene rings is 1. The lowest BCUT2D eigenvalue weighted by Crippen LogP contribution is -2.51. The van der Waals surface area contributed by atoms with Gasteiger partial charge in [-0.05, 0) is 30.2 Å². The van der Waals surface area contributed by atoms with Crippen molar-refractivity contribution in [3.63, 3.8) is 0 Å². The van der Waals surface area contributed by atoms with E-state index in [0.29, 0.717) is 18.0 Å². The molecular weight excluding hydrogens is 306 g/mol. The predicted octanol–water partition coefficient (Wildman–Crippen LogP) is 3.08. The van der Waals surface area contributed by atoms with Crippen LogP contribution >= 0.6 is 0 Å². The molecular formula is C18H23N3O3. The van der Waals surface area contributed by atoms with E-state index in [1.165, 1.54) is 0 Å². The third kappa shape index (κ3) is 4.87. The van der Waals surface area contributed by atoms with E-state index < -0.39 is 12.1 Å². The molecule has 6 nitrogen and oxygen atoms in total. The molecule has 0 radical (unpaired) electrons. The first-order chi connectivity index (χ1) is 11.5. The molecule has 0 fully saturated rings. The Morgan fingerprint density at radius 3 is 2.42 bits per heavy atom. The second-order valence-corrected chi connectivity index (χ2v) is 5.96. The normalized spacial score (nSPS) is 11.8. The molecule has 0 bridgehead atoms. The van der Waals surface area contributed by atoms with Gasteiger partial charge in [-0.1, -0.05) is 32.0 Å². The Bertz CT molecular complexity index is 653. The summed E-state index contributed by atoms with van der Waals surface area (Å²) in [6, 6.07) is 11.7. The Balaban J connectivity index is 1.97. The molecule has 2 N–H and O–H groups in total. The Morgan fingerprint density at radius 1 is 1.12 bits per heavy atom. The van der Waals surface area contributed by atoms with Crippen molar-refractivity contribution in [3.05, 3.63) is 54.5 Å². The minimum atomic E-state index is -0.617. The summed E-state index contributed by atoms with van der Waals surface area (Å²) in [5.41, 5.74) is 0.675. The summed E-state index contributed by atoms with van der Waals surface area (Å²) in [6.07, 6.45) is 1.57. The van der Waals surface area contributed by atoms with Crippen LogP contribution in [0.1, 0.15) is 19.6 Å². The van der Waals surface area contributed by atoms with Gasteiger partial charge in [0.05, 0.1) is 12.8 Å². The zero-order valence-corrected chi connectivity index (χ0v) is 14.2. The summed E-state index contributed by atoms with van der Waals surface area (Å²) in [6.45, 7) is 4.15. The Morgan fingerprint density at radius 2 is 1.83 bits per heavy atom. The third-order valence-corrected chi connectivity index (χ3v) is 3.60. The second kappa shape index (κ2) is 8.19. The molecule has 2 aromatic rings. The summed E-state index contributed by atoms with van der Waals surface area (Å²) in [7, 11) is 1.69. The van der Waals surface area contributed by atoms with Crippen LogP contribution in [0.5, 0.6) is 0 Å². The lowest BCUT2D eigenvalue weighted by atomic mass is 10.0. The summed E-state index contributed by atoms with van der Waals surface area (Å²) in [4.78, 5) is 26.3. The highest BCUT2D eigenvalue weighted by molar-refractivity contribution is 5.93. The number of nitrogens with one attached hydrogen (secondary N) is 2. The number of nitrogens with zero attached hydrogens (tertiary/aromatic N) is 1. The summed E-state index contributed by atoms with van der Waals surface area (Å²) in [5.74, 6) is 0.491. The average Bonchev–Trinajstić information content (AvgIpc) is 3.05. The maximum atomic E-state index is 12.6. The van der Waals surface area contributed by atoms with Gasteiger partial charge in [0, 0.05) is 12.7 Å². The van der Waals surface area contributed by atoms with Crippen molar-refractivity contribution in [2.75, 3.05) is 12.4 Å². The average molecular weight is 329 g/mol. The number of carbonyl (C=O) groups excluding carboxylic acids is 2. The first kappa shape index (κ1) is 17.6. The predicted molar refractivity (Wildman–Crippen MR) is 92.4 cm³/mol. The zero-order valence-electron chi connectivity index (χ0n) is 14.2. The fourth-order valence-electron chi connectivity index (χ4n) is 2.30. The fourth-order valence-corrected chi connectivity index (χ4v) is 2.30. The molecule has 1 aromatic carbocycles. The van der Waals surface area contributed by atoms with Crippen molar-refractivity contribution in [2.45, 2.75) is 26.4 Å². The van der Waals surface area contributed by atoms with Crippen molar-refractivity contribution in [2.24, 2.45) is 5.92 Å². The molecule has 1 heterocycles. The summed E-state index contributed by atoms with van der Waals surface area (Å²) >= 11 is 0. The van der Waals surface area contributed by atoms with Crippen molar-refractivity contribution >= 4 is 17.6 Å². The number of furan rings is 1. The number of urea groups is 1. The number of para-hydroxylation sites is 1. The van der Waals surface area contributed by atoms with E-state index in [-0.39, 0.29) is 11.8 Å². The van der Waals surface area contributed by atoms with Crippen LogP contribution in [-0.2, 0) is 11.3 Å². The second-order valence-electron chi connectivity index (χ2n) is 5.96. The molecule has 0 aliphatic rings. The number of carbonyl (C=O) groups is 2. The Labute approximate surface area is 141 Å². The first-order valence-electron chi connectivity index (χ1n) is 7.87. The molecule has 24 heavy (non-hydrogen) atoms. The van der Waals surface area contributed by atoms with Crippen LogP contribution in [0.2, 0.25) is 0 Å². The van der Waals surface area contributed by atoms with Crippen molar-refractivity contribution < 1.29 is 14.0 Å². The van der Waals surface area contributed by atoms with Gasteiger partial charge in [0.2, 0.25) is 5.91 Å². The van der Waals surface area contributed by atoms with Crippen LogP contribution in [0.3, 0.4) is 0 Å².